The Morgan fingerprint density at radius 1 is 1.50 bits per heavy atom. The second kappa shape index (κ2) is 3.78. The first-order valence-corrected chi connectivity index (χ1v) is 5.43. The van der Waals surface area contributed by atoms with Crippen molar-refractivity contribution in [2.75, 3.05) is 7.11 Å². The summed E-state index contributed by atoms with van der Waals surface area (Å²) in [6.07, 6.45) is 2.66. The summed E-state index contributed by atoms with van der Waals surface area (Å²) in [6, 6.07) is 8.07. The first kappa shape index (κ1) is 10.9. The van der Waals surface area contributed by atoms with Gasteiger partial charge in [-0.2, -0.15) is 0 Å². The molecule has 0 aromatic heterocycles. The zero-order valence-corrected chi connectivity index (χ0v) is 9.69. The second-order valence-electron chi connectivity index (χ2n) is 4.38. The lowest BCUT2D eigenvalue weighted by Gasteiger charge is -2.14. The zero-order valence-electron chi connectivity index (χ0n) is 9.69. The molecule has 0 saturated heterocycles. The second-order valence-corrected chi connectivity index (χ2v) is 4.38. The molecular weight excluding hydrogens is 200 g/mol. The number of hydrogen-bond acceptors (Lipinski definition) is 2. The zero-order chi connectivity index (χ0) is 11.8. The van der Waals surface area contributed by atoms with Gasteiger partial charge in [0.05, 0.1) is 12.5 Å². The Bertz CT molecular complexity index is 419. The van der Waals surface area contributed by atoms with Gasteiger partial charge in [0.15, 0.2) is 0 Å². The van der Waals surface area contributed by atoms with E-state index in [2.05, 4.69) is 6.58 Å². The van der Waals surface area contributed by atoms with E-state index < -0.39 is 5.41 Å². The molecule has 84 valence electrons. The van der Waals surface area contributed by atoms with E-state index in [1.54, 1.807) is 0 Å². The highest BCUT2D eigenvalue weighted by Crippen LogP contribution is 2.55. The molecule has 0 bridgehead atoms. The van der Waals surface area contributed by atoms with E-state index in [1.807, 2.05) is 37.3 Å². The van der Waals surface area contributed by atoms with Gasteiger partial charge < -0.3 is 4.74 Å². The average Bonchev–Trinajstić information content (AvgIpc) is 3.04. The topological polar surface area (TPSA) is 26.3 Å². The van der Waals surface area contributed by atoms with Crippen molar-refractivity contribution in [1.29, 1.82) is 0 Å². The van der Waals surface area contributed by atoms with Gasteiger partial charge in [-0.15, -0.1) is 6.58 Å². The van der Waals surface area contributed by atoms with Crippen molar-refractivity contribution in [3.05, 3.63) is 48.0 Å². The number of methoxy groups -OCH3 is 1. The van der Waals surface area contributed by atoms with Gasteiger partial charge >= 0.3 is 5.97 Å². The van der Waals surface area contributed by atoms with Crippen LogP contribution in [0.2, 0.25) is 0 Å². The Morgan fingerprint density at radius 3 is 2.56 bits per heavy atom. The lowest BCUT2D eigenvalue weighted by Crippen LogP contribution is -2.24. The molecule has 2 atom stereocenters. The van der Waals surface area contributed by atoms with E-state index in [-0.39, 0.29) is 11.9 Å². The largest absolute Gasteiger partial charge is 0.468 e. The van der Waals surface area contributed by atoms with Gasteiger partial charge in [-0.3, -0.25) is 4.79 Å². The van der Waals surface area contributed by atoms with Gasteiger partial charge in [-0.05, 0) is 24.8 Å². The van der Waals surface area contributed by atoms with E-state index in [4.69, 9.17) is 4.74 Å². The van der Waals surface area contributed by atoms with E-state index >= 15 is 0 Å². The highest BCUT2D eigenvalue weighted by Gasteiger charge is 2.60. The summed E-state index contributed by atoms with van der Waals surface area (Å²) >= 11 is 0. The van der Waals surface area contributed by atoms with Gasteiger partial charge in [-0.1, -0.05) is 35.9 Å². The predicted octanol–water partition coefficient (Wildman–Crippen LogP) is 2.61. The van der Waals surface area contributed by atoms with Crippen molar-refractivity contribution in [3.63, 3.8) is 0 Å². The maximum atomic E-state index is 11.9. The number of carbonyl (C=O) groups excluding carboxylic acids is 1. The van der Waals surface area contributed by atoms with Crippen molar-refractivity contribution in [1.82, 2.24) is 0 Å². The summed E-state index contributed by atoms with van der Waals surface area (Å²) in [5.74, 6) is 0.0592. The number of esters is 1. The van der Waals surface area contributed by atoms with Gasteiger partial charge in [0.25, 0.3) is 0 Å². The van der Waals surface area contributed by atoms with Gasteiger partial charge in [-0.25, -0.2) is 0 Å². The molecule has 0 N–H and O–H groups in total. The molecule has 1 aromatic carbocycles. The van der Waals surface area contributed by atoms with Crippen molar-refractivity contribution >= 4 is 5.97 Å². The van der Waals surface area contributed by atoms with Crippen LogP contribution in [-0.2, 0) is 14.9 Å². The Hall–Kier alpha value is -1.57. The standard InChI is InChI=1S/C14H16O2/c1-4-11-9-14(11,13(15)16-3)12-7-5-10(2)6-8-12/h4-8,11H,1,9H2,2-3H3/t11-,14+/m1/s1. The van der Waals surface area contributed by atoms with Crippen molar-refractivity contribution in [3.8, 4) is 0 Å². The first-order chi connectivity index (χ1) is 7.65. The Labute approximate surface area is 95.9 Å². The number of ether oxygens (including phenoxy) is 1. The molecule has 16 heavy (non-hydrogen) atoms. The van der Waals surface area contributed by atoms with Crippen LogP contribution in [0.3, 0.4) is 0 Å². The van der Waals surface area contributed by atoms with Crippen molar-refractivity contribution in [2.45, 2.75) is 18.8 Å². The quantitative estimate of drug-likeness (QED) is 0.573. The number of aryl methyl sites for hydroxylation is 1. The number of benzene rings is 1. The van der Waals surface area contributed by atoms with Crippen LogP contribution < -0.4 is 0 Å². The van der Waals surface area contributed by atoms with Gasteiger partial charge in [0.2, 0.25) is 0 Å². The van der Waals surface area contributed by atoms with Gasteiger partial charge in [0.1, 0.15) is 0 Å². The summed E-state index contributed by atoms with van der Waals surface area (Å²) in [6.45, 7) is 5.80. The maximum absolute atomic E-state index is 11.9. The Balaban J connectivity index is 2.38. The minimum absolute atomic E-state index is 0.152. The van der Waals surface area contributed by atoms with Gasteiger partial charge in [0, 0.05) is 0 Å². The summed E-state index contributed by atoms with van der Waals surface area (Å²) in [5.41, 5.74) is 1.76. The molecule has 2 heteroatoms. The van der Waals surface area contributed by atoms with Crippen LogP contribution in [0.1, 0.15) is 17.5 Å². The maximum Gasteiger partial charge on any atom is 0.316 e. The molecule has 1 aliphatic rings. The van der Waals surface area contributed by atoms with E-state index in [9.17, 15) is 4.79 Å². The predicted molar refractivity (Wildman–Crippen MR) is 63.2 cm³/mol. The van der Waals surface area contributed by atoms with Crippen LogP contribution in [0.15, 0.2) is 36.9 Å². The molecule has 0 unspecified atom stereocenters. The summed E-state index contributed by atoms with van der Waals surface area (Å²) in [7, 11) is 1.44. The number of hydrogen-bond donors (Lipinski definition) is 0. The number of allylic oxidation sites excluding steroid dienone is 1. The highest BCUT2D eigenvalue weighted by molar-refractivity contribution is 5.88. The lowest BCUT2D eigenvalue weighted by atomic mass is 9.92. The highest BCUT2D eigenvalue weighted by atomic mass is 16.5. The molecule has 0 heterocycles. The fraction of sp³-hybridized carbons (Fsp3) is 0.357. The molecule has 0 aliphatic heterocycles. The van der Waals surface area contributed by atoms with Crippen LogP contribution in [0.5, 0.6) is 0 Å². The third-order valence-electron chi connectivity index (χ3n) is 3.42. The third-order valence-corrected chi connectivity index (χ3v) is 3.42. The SMILES string of the molecule is C=C[C@@H]1C[C@@]1(C(=O)OC)c1ccc(C)cc1. The normalized spacial score (nSPS) is 27.2. The first-order valence-electron chi connectivity index (χ1n) is 5.43. The fourth-order valence-corrected chi connectivity index (χ4v) is 2.29. The smallest absolute Gasteiger partial charge is 0.316 e. The van der Waals surface area contributed by atoms with Crippen LogP contribution in [0.25, 0.3) is 0 Å². The van der Waals surface area contributed by atoms with Crippen LogP contribution in [0, 0.1) is 12.8 Å². The summed E-state index contributed by atoms with van der Waals surface area (Å²) in [4.78, 5) is 11.9. The molecule has 2 nitrogen and oxygen atoms in total. The molecule has 0 amide bonds. The van der Waals surface area contributed by atoms with E-state index in [1.165, 1.54) is 12.7 Å². The third kappa shape index (κ3) is 1.45. The molecule has 0 spiro atoms. The van der Waals surface area contributed by atoms with Crippen LogP contribution >= 0.6 is 0 Å². The molecule has 2 rings (SSSR count). The number of rotatable bonds is 3. The molecule has 0 radical (unpaired) electrons. The summed E-state index contributed by atoms with van der Waals surface area (Å²) in [5, 5.41) is 0. The van der Waals surface area contributed by atoms with Crippen LogP contribution in [-0.4, -0.2) is 13.1 Å². The Kier molecular flexibility index (Phi) is 2.58. The van der Waals surface area contributed by atoms with E-state index in [0.717, 1.165) is 12.0 Å². The molecule has 1 fully saturated rings. The van der Waals surface area contributed by atoms with Crippen LogP contribution in [0.4, 0.5) is 0 Å². The molecule has 1 aliphatic carbocycles. The average molecular weight is 216 g/mol. The molecule has 1 saturated carbocycles. The van der Waals surface area contributed by atoms with Crippen molar-refractivity contribution in [2.24, 2.45) is 5.92 Å². The lowest BCUT2D eigenvalue weighted by molar-refractivity contribution is -0.144. The monoisotopic (exact) mass is 216 g/mol. The van der Waals surface area contributed by atoms with E-state index in [0.29, 0.717) is 0 Å². The minimum atomic E-state index is -0.468. The fourth-order valence-electron chi connectivity index (χ4n) is 2.29. The number of carbonyl (C=O) groups is 1. The summed E-state index contributed by atoms with van der Waals surface area (Å²) < 4.78 is 4.91. The minimum Gasteiger partial charge on any atom is -0.468 e. The Morgan fingerprint density at radius 2 is 2.12 bits per heavy atom. The van der Waals surface area contributed by atoms with Crippen molar-refractivity contribution < 1.29 is 9.53 Å². The molecular formula is C14H16O2. The molecule has 1 aromatic rings.